The highest BCUT2D eigenvalue weighted by Crippen LogP contribution is 2.32. The summed E-state index contributed by atoms with van der Waals surface area (Å²) in [5.41, 5.74) is 1.37. The van der Waals surface area contributed by atoms with Gasteiger partial charge < -0.3 is 24.8 Å². The van der Waals surface area contributed by atoms with Crippen molar-refractivity contribution in [3.8, 4) is 11.3 Å². The first-order valence-electron chi connectivity index (χ1n) is 9.22. The monoisotopic (exact) mass is 356 g/mol. The SMILES string of the molecule is O=C(N[C@@H]1CCCNC1)c1c(N2CCOCC2)noc1-c1ccccc1. The zero-order valence-corrected chi connectivity index (χ0v) is 14.7. The van der Waals surface area contributed by atoms with Gasteiger partial charge in [-0.2, -0.15) is 0 Å². The first-order valence-corrected chi connectivity index (χ1v) is 9.22. The van der Waals surface area contributed by atoms with Gasteiger partial charge >= 0.3 is 0 Å². The molecule has 2 aliphatic rings. The Hall–Kier alpha value is -2.38. The molecule has 0 aliphatic carbocycles. The number of benzene rings is 1. The molecule has 2 aromatic rings. The first kappa shape index (κ1) is 17.1. The van der Waals surface area contributed by atoms with E-state index in [2.05, 4.69) is 20.7 Å². The van der Waals surface area contributed by atoms with Crippen LogP contribution in [0, 0.1) is 0 Å². The van der Waals surface area contributed by atoms with Crippen LogP contribution in [0.5, 0.6) is 0 Å². The summed E-state index contributed by atoms with van der Waals surface area (Å²) in [5, 5.41) is 10.7. The number of anilines is 1. The third kappa shape index (κ3) is 3.59. The number of nitrogens with one attached hydrogen (secondary N) is 2. The number of nitrogens with zero attached hydrogens (tertiary/aromatic N) is 2. The average molecular weight is 356 g/mol. The predicted molar refractivity (Wildman–Crippen MR) is 98.3 cm³/mol. The molecule has 2 N–H and O–H groups in total. The molecule has 2 aliphatic heterocycles. The van der Waals surface area contributed by atoms with Crippen LogP contribution in [0.3, 0.4) is 0 Å². The summed E-state index contributed by atoms with van der Waals surface area (Å²) in [6, 6.07) is 9.80. The number of carbonyl (C=O) groups is 1. The lowest BCUT2D eigenvalue weighted by molar-refractivity contribution is 0.0929. The Morgan fingerprint density at radius 2 is 2.04 bits per heavy atom. The largest absolute Gasteiger partial charge is 0.378 e. The van der Waals surface area contributed by atoms with Gasteiger partial charge in [0, 0.05) is 31.2 Å². The smallest absolute Gasteiger partial charge is 0.259 e. The van der Waals surface area contributed by atoms with Crippen molar-refractivity contribution in [3.05, 3.63) is 35.9 Å². The summed E-state index contributed by atoms with van der Waals surface area (Å²) >= 11 is 0. The van der Waals surface area contributed by atoms with Crippen LogP contribution in [-0.2, 0) is 4.74 Å². The highest BCUT2D eigenvalue weighted by Gasteiger charge is 2.30. The fraction of sp³-hybridized carbons (Fsp3) is 0.474. The zero-order chi connectivity index (χ0) is 17.8. The van der Waals surface area contributed by atoms with Crippen molar-refractivity contribution in [2.24, 2.45) is 0 Å². The van der Waals surface area contributed by atoms with E-state index in [1.807, 2.05) is 30.3 Å². The summed E-state index contributed by atoms with van der Waals surface area (Å²) in [6.45, 7) is 4.46. The van der Waals surface area contributed by atoms with E-state index in [0.29, 0.717) is 43.4 Å². The van der Waals surface area contributed by atoms with Gasteiger partial charge in [0.15, 0.2) is 11.6 Å². The van der Waals surface area contributed by atoms with Crippen molar-refractivity contribution in [2.75, 3.05) is 44.3 Å². The number of piperidine rings is 1. The van der Waals surface area contributed by atoms with E-state index in [0.717, 1.165) is 31.5 Å². The maximum absolute atomic E-state index is 13.1. The van der Waals surface area contributed by atoms with Gasteiger partial charge in [0.1, 0.15) is 5.56 Å². The van der Waals surface area contributed by atoms with Gasteiger partial charge in [-0.1, -0.05) is 35.5 Å². The molecule has 1 aromatic heterocycles. The van der Waals surface area contributed by atoms with E-state index in [-0.39, 0.29) is 11.9 Å². The Balaban J connectivity index is 1.66. The third-order valence-electron chi connectivity index (χ3n) is 4.88. The van der Waals surface area contributed by atoms with Crippen LogP contribution in [-0.4, -0.2) is 56.5 Å². The molecule has 0 radical (unpaired) electrons. The molecule has 1 aromatic carbocycles. The molecule has 1 amide bonds. The molecule has 3 heterocycles. The molecule has 26 heavy (non-hydrogen) atoms. The van der Waals surface area contributed by atoms with Crippen LogP contribution in [0.15, 0.2) is 34.9 Å². The topological polar surface area (TPSA) is 79.6 Å². The van der Waals surface area contributed by atoms with Gasteiger partial charge in [0.25, 0.3) is 5.91 Å². The lowest BCUT2D eigenvalue weighted by atomic mass is 10.0. The van der Waals surface area contributed by atoms with Crippen molar-refractivity contribution in [1.82, 2.24) is 15.8 Å². The van der Waals surface area contributed by atoms with Crippen molar-refractivity contribution < 1.29 is 14.1 Å². The molecule has 1 atom stereocenters. The van der Waals surface area contributed by atoms with E-state index in [1.54, 1.807) is 0 Å². The van der Waals surface area contributed by atoms with E-state index < -0.39 is 0 Å². The Kier molecular flexibility index (Phi) is 5.17. The number of hydrogen-bond donors (Lipinski definition) is 2. The van der Waals surface area contributed by atoms with Crippen LogP contribution < -0.4 is 15.5 Å². The molecule has 0 unspecified atom stereocenters. The molecule has 0 spiro atoms. The van der Waals surface area contributed by atoms with Crippen molar-refractivity contribution in [3.63, 3.8) is 0 Å². The lowest BCUT2D eigenvalue weighted by Crippen LogP contribution is -2.46. The Morgan fingerprint density at radius 3 is 2.77 bits per heavy atom. The Morgan fingerprint density at radius 1 is 1.23 bits per heavy atom. The zero-order valence-electron chi connectivity index (χ0n) is 14.7. The second-order valence-corrected chi connectivity index (χ2v) is 6.69. The van der Waals surface area contributed by atoms with E-state index in [9.17, 15) is 4.79 Å². The number of morpholine rings is 1. The van der Waals surface area contributed by atoms with Crippen LogP contribution in [0.4, 0.5) is 5.82 Å². The van der Waals surface area contributed by atoms with E-state index in [4.69, 9.17) is 9.26 Å². The number of carbonyl (C=O) groups excluding carboxylic acids is 1. The van der Waals surface area contributed by atoms with Gasteiger partial charge in [-0.15, -0.1) is 0 Å². The van der Waals surface area contributed by atoms with Crippen LogP contribution in [0.2, 0.25) is 0 Å². The lowest BCUT2D eigenvalue weighted by Gasteiger charge is -2.28. The van der Waals surface area contributed by atoms with Crippen molar-refractivity contribution >= 4 is 11.7 Å². The maximum Gasteiger partial charge on any atom is 0.259 e. The molecule has 2 fully saturated rings. The molecule has 4 rings (SSSR count). The minimum absolute atomic E-state index is 0.125. The molecule has 7 nitrogen and oxygen atoms in total. The van der Waals surface area contributed by atoms with Crippen molar-refractivity contribution in [2.45, 2.75) is 18.9 Å². The quantitative estimate of drug-likeness (QED) is 0.867. The molecule has 138 valence electrons. The highest BCUT2D eigenvalue weighted by atomic mass is 16.5. The van der Waals surface area contributed by atoms with E-state index >= 15 is 0 Å². The second kappa shape index (κ2) is 7.88. The first-order chi connectivity index (χ1) is 12.8. The molecule has 2 saturated heterocycles. The van der Waals surface area contributed by atoms with E-state index in [1.165, 1.54) is 0 Å². The minimum Gasteiger partial charge on any atom is -0.378 e. The number of aromatic nitrogens is 1. The fourth-order valence-electron chi connectivity index (χ4n) is 3.50. The van der Waals surface area contributed by atoms with Crippen molar-refractivity contribution in [1.29, 1.82) is 0 Å². The number of hydrogen-bond acceptors (Lipinski definition) is 6. The predicted octanol–water partition coefficient (Wildman–Crippen LogP) is 1.66. The van der Waals surface area contributed by atoms with Crippen LogP contribution >= 0.6 is 0 Å². The number of ether oxygens (including phenoxy) is 1. The Bertz CT molecular complexity index is 734. The maximum atomic E-state index is 13.1. The van der Waals surface area contributed by atoms with Gasteiger partial charge in [-0.25, -0.2) is 0 Å². The van der Waals surface area contributed by atoms with Crippen LogP contribution in [0.25, 0.3) is 11.3 Å². The third-order valence-corrected chi connectivity index (χ3v) is 4.88. The fourth-order valence-corrected chi connectivity index (χ4v) is 3.50. The average Bonchev–Trinajstić information content (AvgIpc) is 3.15. The summed E-state index contributed by atoms with van der Waals surface area (Å²) in [6.07, 6.45) is 2.05. The Labute approximate surface area is 152 Å². The summed E-state index contributed by atoms with van der Waals surface area (Å²) in [7, 11) is 0. The molecular weight excluding hydrogens is 332 g/mol. The number of amides is 1. The summed E-state index contributed by atoms with van der Waals surface area (Å²) < 4.78 is 11.1. The van der Waals surface area contributed by atoms with Gasteiger partial charge in [-0.3, -0.25) is 4.79 Å². The summed E-state index contributed by atoms with van der Waals surface area (Å²) in [5.74, 6) is 1.00. The van der Waals surface area contributed by atoms with Gasteiger partial charge in [0.2, 0.25) is 0 Å². The standard InChI is InChI=1S/C19H24N4O3/c24-19(21-15-7-4-8-20-13-15)16-17(14-5-2-1-3-6-14)26-22-18(16)23-9-11-25-12-10-23/h1-3,5-6,15,20H,4,7-13H2,(H,21,24)/t15-/m1/s1. The normalized spacial score (nSPS) is 20.8. The molecule has 0 bridgehead atoms. The number of rotatable bonds is 4. The van der Waals surface area contributed by atoms with Gasteiger partial charge in [-0.05, 0) is 19.4 Å². The summed E-state index contributed by atoms with van der Waals surface area (Å²) in [4.78, 5) is 15.2. The van der Waals surface area contributed by atoms with Crippen LogP contribution in [0.1, 0.15) is 23.2 Å². The molecular formula is C19H24N4O3. The second-order valence-electron chi connectivity index (χ2n) is 6.69. The van der Waals surface area contributed by atoms with Gasteiger partial charge in [0.05, 0.1) is 13.2 Å². The molecule has 0 saturated carbocycles. The molecule has 7 heteroatoms. The highest BCUT2D eigenvalue weighted by molar-refractivity contribution is 6.04. The minimum atomic E-state index is -0.125.